The van der Waals surface area contributed by atoms with Crippen molar-refractivity contribution >= 4 is 14.1 Å². The third-order valence-corrected chi connectivity index (χ3v) is 9.56. The quantitative estimate of drug-likeness (QED) is 0.658. The van der Waals surface area contributed by atoms with Crippen LogP contribution >= 0.6 is 0 Å². The Morgan fingerprint density at radius 3 is 2.07 bits per heavy atom. The van der Waals surface area contributed by atoms with E-state index in [0.717, 1.165) is 13.0 Å². The summed E-state index contributed by atoms with van der Waals surface area (Å²) in [7, 11) is -1.41. The number of rotatable bonds is 4. The van der Waals surface area contributed by atoms with Gasteiger partial charge in [-0.25, -0.2) is 0 Å². The summed E-state index contributed by atoms with van der Waals surface area (Å²) in [6.45, 7) is 9.88. The molecule has 0 aromatic heterocycles. The van der Waals surface area contributed by atoms with Gasteiger partial charge in [-0.2, -0.15) is 0 Å². The lowest BCUT2D eigenvalue weighted by Crippen LogP contribution is -2.53. The number of hydrogen-bond donors (Lipinski definition) is 0. The van der Waals surface area contributed by atoms with Gasteiger partial charge in [0.2, 0.25) is 5.91 Å². The molecule has 0 aromatic carbocycles. The fourth-order valence-corrected chi connectivity index (χ4v) is 6.55. The van der Waals surface area contributed by atoms with Crippen LogP contribution in [0.2, 0.25) is 18.1 Å². The normalized spacial score (nSPS) is 23.3. The van der Waals surface area contributed by atoms with E-state index in [1.165, 1.54) is 18.1 Å². The van der Waals surface area contributed by atoms with Gasteiger partial charge in [-0.15, -0.1) is 0 Å². The van der Waals surface area contributed by atoms with Gasteiger partial charge in [0.1, 0.15) is 0 Å². The second kappa shape index (κ2) is 4.47. The van der Waals surface area contributed by atoms with Gasteiger partial charge < -0.3 is 4.57 Å². The summed E-state index contributed by atoms with van der Waals surface area (Å²) in [5, 5.41) is 0. The standard InChI is InChI=1S/C11H23NOSi/c1-5-14(6-2,7-3)12-9-8-10(4)11(12)13/h10H,5-9H2,1-4H3. The van der Waals surface area contributed by atoms with Crippen LogP contribution in [-0.2, 0) is 4.79 Å². The van der Waals surface area contributed by atoms with Gasteiger partial charge in [-0.1, -0.05) is 27.7 Å². The zero-order valence-corrected chi connectivity index (χ0v) is 11.0. The van der Waals surface area contributed by atoms with Crippen LogP contribution in [0.5, 0.6) is 0 Å². The van der Waals surface area contributed by atoms with E-state index >= 15 is 0 Å². The third-order valence-electron chi connectivity index (χ3n) is 4.02. The van der Waals surface area contributed by atoms with Crippen molar-refractivity contribution in [1.82, 2.24) is 4.57 Å². The summed E-state index contributed by atoms with van der Waals surface area (Å²) in [5.41, 5.74) is 0. The first kappa shape index (κ1) is 11.8. The highest BCUT2D eigenvalue weighted by Crippen LogP contribution is 2.31. The van der Waals surface area contributed by atoms with Gasteiger partial charge in [0.05, 0.1) is 0 Å². The van der Waals surface area contributed by atoms with Crippen LogP contribution in [0.1, 0.15) is 34.1 Å². The monoisotopic (exact) mass is 213 g/mol. The maximum Gasteiger partial charge on any atom is 0.217 e. The Morgan fingerprint density at radius 1 is 1.29 bits per heavy atom. The molecule has 14 heavy (non-hydrogen) atoms. The number of carbonyl (C=O) groups is 1. The van der Waals surface area contributed by atoms with Gasteiger partial charge >= 0.3 is 0 Å². The van der Waals surface area contributed by atoms with Gasteiger partial charge in [-0.05, 0) is 24.6 Å². The van der Waals surface area contributed by atoms with Gasteiger partial charge in [0.15, 0.2) is 8.24 Å². The van der Waals surface area contributed by atoms with Crippen molar-refractivity contribution in [2.24, 2.45) is 5.92 Å². The summed E-state index contributed by atoms with van der Waals surface area (Å²) in [5.74, 6) is 0.716. The van der Waals surface area contributed by atoms with E-state index in [1.807, 2.05) is 0 Å². The average Bonchev–Trinajstić information content (AvgIpc) is 2.54. The highest BCUT2D eigenvalue weighted by atomic mass is 28.3. The Hall–Kier alpha value is -0.313. The maximum absolute atomic E-state index is 12.0. The maximum atomic E-state index is 12.0. The molecule has 0 N–H and O–H groups in total. The Labute approximate surface area is 88.8 Å². The second-order valence-corrected chi connectivity index (χ2v) is 9.57. The molecule has 1 saturated heterocycles. The highest BCUT2D eigenvalue weighted by Gasteiger charge is 2.42. The van der Waals surface area contributed by atoms with E-state index in [9.17, 15) is 4.79 Å². The summed E-state index contributed by atoms with van der Waals surface area (Å²) >= 11 is 0. The second-order valence-electron chi connectivity index (χ2n) is 4.46. The lowest BCUT2D eigenvalue weighted by atomic mass is 10.1. The van der Waals surface area contributed by atoms with Crippen molar-refractivity contribution in [3.05, 3.63) is 0 Å². The predicted octanol–water partition coefficient (Wildman–Crippen LogP) is 2.86. The van der Waals surface area contributed by atoms with E-state index in [-0.39, 0.29) is 5.92 Å². The zero-order chi connectivity index (χ0) is 10.8. The molecule has 2 nitrogen and oxygen atoms in total. The first-order chi connectivity index (χ1) is 6.61. The van der Waals surface area contributed by atoms with Gasteiger partial charge in [0.25, 0.3) is 0 Å². The SMILES string of the molecule is CC[Si](CC)(CC)N1CCC(C)C1=O. The van der Waals surface area contributed by atoms with Crippen LogP contribution < -0.4 is 0 Å². The molecule has 0 bridgehead atoms. The van der Waals surface area contributed by atoms with E-state index < -0.39 is 8.24 Å². The fourth-order valence-electron chi connectivity index (χ4n) is 2.62. The van der Waals surface area contributed by atoms with Crippen molar-refractivity contribution < 1.29 is 4.79 Å². The molecule has 0 radical (unpaired) electrons. The van der Waals surface area contributed by atoms with Crippen LogP contribution in [-0.4, -0.2) is 25.3 Å². The van der Waals surface area contributed by atoms with Crippen molar-refractivity contribution in [3.63, 3.8) is 0 Å². The summed E-state index contributed by atoms with van der Waals surface area (Å²) < 4.78 is 2.28. The molecule has 0 spiro atoms. The topological polar surface area (TPSA) is 20.3 Å². The van der Waals surface area contributed by atoms with Crippen LogP contribution in [0.4, 0.5) is 0 Å². The van der Waals surface area contributed by atoms with Crippen molar-refractivity contribution in [2.75, 3.05) is 6.54 Å². The molecule has 0 saturated carbocycles. The minimum Gasteiger partial charge on any atom is -0.369 e. The summed E-state index contributed by atoms with van der Waals surface area (Å²) in [4.78, 5) is 12.0. The van der Waals surface area contributed by atoms with Crippen molar-refractivity contribution in [2.45, 2.75) is 52.2 Å². The van der Waals surface area contributed by atoms with Crippen molar-refractivity contribution in [1.29, 1.82) is 0 Å². The van der Waals surface area contributed by atoms with E-state index in [0.29, 0.717) is 5.91 Å². The largest absolute Gasteiger partial charge is 0.369 e. The summed E-state index contributed by atoms with van der Waals surface area (Å²) in [6.07, 6.45) is 1.08. The molecule has 1 aliphatic rings. The molecule has 1 rings (SSSR count). The number of amides is 1. The molecule has 82 valence electrons. The van der Waals surface area contributed by atoms with Gasteiger partial charge in [-0.3, -0.25) is 4.79 Å². The first-order valence-electron chi connectivity index (χ1n) is 5.92. The average molecular weight is 213 g/mol. The molecule has 1 fully saturated rings. The minimum atomic E-state index is -1.41. The Balaban J connectivity index is 2.84. The fraction of sp³-hybridized carbons (Fsp3) is 0.909. The van der Waals surface area contributed by atoms with Crippen LogP contribution in [0.3, 0.4) is 0 Å². The predicted molar refractivity (Wildman–Crippen MR) is 62.7 cm³/mol. The molecular formula is C11H23NOSi. The molecule has 1 amide bonds. The van der Waals surface area contributed by atoms with E-state index in [1.54, 1.807) is 0 Å². The molecule has 0 aromatic rings. The highest BCUT2D eigenvalue weighted by molar-refractivity contribution is 6.79. The van der Waals surface area contributed by atoms with E-state index in [4.69, 9.17) is 0 Å². The lowest BCUT2D eigenvalue weighted by molar-refractivity contribution is -0.127. The summed E-state index contributed by atoms with van der Waals surface area (Å²) in [6, 6.07) is 3.66. The number of nitrogens with zero attached hydrogens (tertiary/aromatic N) is 1. The van der Waals surface area contributed by atoms with Crippen LogP contribution in [0, 0.1) is 5.92 Å². The molecule has 1 unspecified atom stereocenters. The number of hydrogen-bond acceptors (Lipinski definition) is 1. The number of carbonyl (C=O) groups excluding carboxylic acids is 1. The lowest BCUT2D eigenvalue weighted by Gasteiger charge is -2.38. The Kier molecular flexibility index (Phi) is 3.76. The van der Waals surface area contributed by atoms with Crippen molar-refractivity contribution in [3.8, 4) is 0 Å². The molecule has 1 aliphatic heterocycles. The smallest absolute Gasteiger partial charge is 0.217 e. The molecule has 3 heteroatoms. The minimum absolute atomic E-state index is 0.284. The first-order valence-corrected chi connectivity index (χ1v) is 8.49. The molecule has 1 heterocycles. The Bertz CT molecular complexity index is 205. The molecule has 0 aliphatic carbocycles. The third kappa shape index (κ3) is 1.74. The molecular weight excluding hydrogens is 190 g/mol. The zero-order valence-electron chi connectivity index (χ0n) is 9.97. The van der Waals surface area contributed by atoms with Crippen LogP contribution in [0.15, 0.2) is 0 Å². The molecule has 1 atom stereocenters. The van der Waals surface area contributed by atoms with Gasteiger partial charge in [0, 0.05) is 12.5 Å². The Morgan fingerprint density at radius 2 is 1.79 bits per heavy atom. The van der Waals surface area contributed by atoms with E-state index in [2.05, 4.69) is 32.3 Å². The van der Waals surface area contributed by atoms with Crippen LogP contribution in [0.25, 0.3) is 0 Å².